The van der Waals surface area contributed by atoms with Crippen molar-refractivity contribution in [2.45, 2.75) is 19.9 Å². The first kappa shape index (κ1) is 19.3. The van der Waals surface area contributed by atoms with Crippen LogP contribution < -0.4 is 5.32 Å². The largest absolute Gasteiger partial charge is 0.383 e. The van der Waals surface area contributed by atoms with Gasteiger partial charge in [0.15, 0.2) is 5.11 Å². The number of rotatable bonds is 8. The molecule has 1 aromatic carbocycles. The molecule has 0 fully saturated rings. The van der Waals surface area contributed by atoms with Gasteiger partial charge in [-0.05, 0) is 49.3 Å². The predicted octanol–water partition coefficient (Wildman–Crippen LogP) is 3.44. The zero-order valence-corrected chi connectivity index (χ0v) is 16.7. The maximum absolute atomic E-state index is 5.64. The fourth-order valence-corrected chi connectivity index (χ4v) is 3.47. The molecule has 2 N–H and O–H groups in total. The van der Waals surface area contributed by atoms with Gasteiger partial charge in [-0.3, -0.25) is 4.98 Å². The lowest BCUT2D eigenvalue weighted by Crippen LogP contribution is -2.41. The summed E-state index contributed by atoms with van der Waals surface area (Å²) in [5, 5.41) is 5.30. The molecule has 0 amide bonds. The second-order valence-electron chi connectivity index (χ2n) is 6.49. The Morgan fingerprint density at radius 1 is 1.22 bits per heavy atom. The van der Waals surface area contributed by atoms with E-state index in [4.69, 9.17) is 17.0 Å². The van der Waals surface area contributed by atoms with Gasteiger partial charge in [-0.1, -0.05) is 24.3 Å². The second kappa shape index (κ2) is 9.48. The lowest BCUT2D eigenvalue weighted by molar-refractivity contribution is 0.203. The minimum Gasteiger partial charge on any atom is -0.383 e. The number of fused-ring (bicyclic) bond motifs is 1. The van der Waals surface area contributed by atoms with Crippen molar-refractivity contribution < 1.29 is 4.74 Å². The van der Waals surface area contributed by atoms with Gasteiger partial charge in [0, 0.05) is 43.0 Å². The number of H-pyrrole nitrogens is 1. The van der Waals surface area contributed by atoms with Gasteiger partial charge in [0.05, 0.1) is 18.8 Å². The van der Waals surface area contributed by atoms with Gasteiger partial charge in [-0.15, -0.1) is 0 Å². The van der Waals surface area contributed by atoms with E-state index in [2.05, 4.69) is 51.4 Å². The van der Waals surface area contributed by atoms with E-state index in [0.29, 0.717) is 19.7 Å². The Morgan fingerprint density at radius 3 is 2.81 bits per heavy atom. The van der Waals surface area contributed by atoms with Gasteiger partial charge in [-0.2, -0.15) is 0 Å². The standard InChI is InChI=1S/C21H26N4OS/c1-16-18(19-8-3-4-9-20(19)24-16)10-13-25(21(27)23-12-14-26-2)15-17-7-5-6-11-22-17/h3-9,11,24H,10,12-15H2,1-2H3,(H,23,27). The van der Waals surface area contributed by atoms with Crippen LogP contribution in [-0.2, 0) is 17.7 Å². The van der Waals surface area contributed by atoms with E-state index in [-0.39, 0.29) is 0 Å². The molecule has 3 rings (SSSR count). The third-order valence-corrected chi connectivity index (χ3v) is 5.01. The van der Waals surface area contributed by atoms with Crippen LogP contribution in [0.1, 0.15) is 17.0 Å². The molecule has 0 bridgehead atoms. The van der Waals surface area contributed by atoms with Gasteiger partial charge in [0.25, 0.3) is 0 Å². The Balaban J connectivity index is 1.73. The number of hydrogen-bond donors (Lipinski definition) is 2. The number of ether oxygens (including phenoxy) is 1. The van der Waals surface area contributed by atoms with Crippen LogP contribution in [0.25, 0.3) is 10.9 Å². The van der Waals surface area contributed by atoms with Crippen molar-refractivity contribution in [1.29, 1.82) is 0 Å². The Kier molecular flexibility index (Phi) is 6.79. The van der Waals surface area contributed by atoms with Crippen molar-refractivity contribution in [1.82, 2.24) is 20.2 Å². The number of nitrogens with zero attached hydrogens (tertiary/aromatic N) is 2. The van der Waals surface area contributed by atoms with Crippen molar-refractivity contribution in [3.63, 3.8) is 0 Å². The molecule has 5 nitrogen and oxygen atoms in total. The van der Waals surface area contributed by atoms with Crippen molar-refractivity contribution in [2.24, 2.45) is 0 Å². The van der Waals surface area contributed by atoms with Crippen LogP contribution in [-0.4, -0.2) is 46.8 Å². The average molecular weight is 383 g/mol. The fraction of sp³-hybridized carbons (Fsp3) is 0.333. The van der Waals surface area contributed by atoms with E-state index in [1.165, 1.54) is 22.2 Å². The second-order valence-corrected chi connectivity index (χ2v) is 6.88. The third-order valence-electron chi connectivity index (χ3n) is 4.61. The van der Waals surface area contributed by atoms with Crippen LogP contribution in [0.5, 0.6) is 0 Å². The smallest absolute Gasteiger partial charge is 0.169 e. The van der Waals surface area contributed by atoms with Crippen LogP contribution >= 0.6 is 12.2 Å². The van der Waals surface area contributed by atoms with E-state index >= 15 is 0 Å². The number of para-hydroxylation sites is 1. The summed E-state index contributed by atoms with van der Waals surface area (Å²) in [4.78, 5) is 10.1. The molecular weight excluding hydrogens is 356 g/mol. The fourth-order valence-electron chi connectivity index (χ4n) is 3.22. The van der Waals surface area contributed by atoms with Crippen LogP contribution in [0.4, 0.5) is 0 Å². The monoisotopic (exact) mass is 382 g/mol. The molecule has 27 heavy (non-hydrogen) atoms. The quantitative estimate of drug-likeness (QED) is 0.462. The summed E-state index contributed by atoms with van der Waals surface area (Å²) in [5.74, 6) is 0. The first-order chi connectivity index (χ1) is 13.2. The molecule has 0 saturated carbocycles. The number of aromatic nitrogens is 2. The number of pyridine rings is 1. The van der Waals surface area contributed by atoms with Crippen molar-refractivity contribution in [3.05, 3.63) is 65.6 Å². The molecule has 0 unspecified atom stereocenters. The van der Waals surface area contributed by atoms with Gasteiger partial charge in [0.2, 0.25) is 0 Å². The molecule has 0 aliphatic carbocycles. The van der Waals surface area contributed by atoms with Gasteiger partial charge >= 0.3 is 0 Å². The molecule has 0 radical (unpaired) electrons. The van der Waals surface area contributed by atoms with Gasteiger partial charge in [0.1, 0.15) is 0 Å². The van der Waals surface area contributed by atoms with E-state index in [1.54, 1.807) is 7.11 Å². The van der Waals surface area contributed by atoms with E-state index in [1.807, 2.05) is 24.4 Å². The zero-order chi connectivity index (χ0) is 19.1. The number of aryl methyl sites for hydroxylation is 1. The molecule has 142 valence electrons. The first-order valence-electron chi connectivity index (χ1n) is 9.17. The summed E-state index contributed by atoms with van der Waals surface area (Å²) in [5.41, 5.74) is 4.75. The third kappa shape index (κ3) is 5.05. The summed E-state index contributed by atoms with van der Waals surface area (Å²) in [6, 6.07) is 14.4. The molecule has 0 saturated heterocycles. The summed E-state index contributed by atoms with van der Waals surface area (Å²) in [7, 11) is 1.69. The normalized spacial score (nSPS) is 10.9. The number of aromatic amines is 1. The van der Waals surface area contributed by atoms with Gasteiger partial charge in [-0.25, -0.2) is 0 Å². The minimum atomic E-state index is 0.624. The Hall–Kier alpha value is -2.44. The lowest BCUT2D eigenvalue weighted by Gasteiger charge is -2.25. The Morgan fingerprint density at radius 2 is 2.04 bits per heavy atom. The van der Waals surface area contributed by atoms with E-state index in [0.717, 1.165) is 23.8 Å². The van der Waals surface area contributed by atoms with Crippen molar-refractivity contribution in [3.8, 4) is 0 Å². The van der Waals surface area contributed by atoms with Crippen molar-refractivity contribution >= 4 is 28.2 Å². The number of thiocarbonyl (C=S) groups is 1. The highest BCUT2D eigenvalue weighted by Gasteiger charge is 2.14. The molecule has 3 aromatic rings. The maximum atomic E-state index is 5.64. The molecule has 0 aliphatic rings. The van der Waals surface area contributed by atoms with Crippen molar-refractivity contribution in [2.75, 3.05) is 26.8 Å². The molecule has 6 heteroatoms. The number of benzene rings is 1. The van der Waals surface area contributed by atoms with Crippen LogP contribution in [0.15, 0.2) is 48.7 Å². The summed E-state index contributed by atoms with van der Waals surface area (Å²) in [6.45, 7) is 4.95. The van der Waals surface area contributed by atoms with E-state index in [9.17, 15) is 0 Å². The molecule has 0 aliphatic heterocycles. The number of methoxy groups -OCH3 is 1. The van der Waals surface area contributed by atoms with Gasteiger partial charge < -0.3 is 19.9 Å². The summed E-state index contributed by atoms with van der Waals surface area (Å²) < 4.78 is 5.12. The van der Waals surface area contributed by atoms with Crippen LogP contribution in [0.3, 0.4) is 0 Å². The Bertz CT molecular complexity index is 878. The average Bonchev–Trinajstić information content (AvgIpc) is 3.01. The molecule has 0 atom stereocenters. The maximum Gasteiger partial charge on any atom is 0.169 e. The van der Waals surface area contributed by atoms with E-state index < -0.39 is 0 Å². The molecule has 0 spiro atoms. The highest BCUT2D eigenvalue weighted by molar-refractivity contribution is 7.80. The SMILES string of the molecule is COCCNC(=S)N(CCc1c(C)[nH]c2ccccc12)Cc1ccccn1. The lowest BCUT2D eigenvalue weighted by atomic mass is 10.1. The zero-order valence-electron chi connectivity index (χ0n) is 15.9. The number of nitrogens with one attached hydrogen (secondary N) is 2. The van der Waals surface area contributed by atoms with Crippen LogP contribution in [0.2, 0.25) is 0 Å². The first-order valence-corrected chi connectivity index (χ1v) is 9.57. The molecule has 2 aromatic heterocycles. The minimum absolute atomic E-state index is 0.624. The molecular formula is C21H26N4OS. The number of hydrogen-bond acceptors (Lipinski definition) is 3. The predicted molar refractivity (Wildman–Crippen MR) is 114 cm³/mol. The summed E-state index contributed by atoms with van der Waals surface area (Å²) in [6.07, 6.45) is 2.73. The Labute approximate surface area is 165 Å². The topological polar surface area (TPSA) is 53.2 Å². The highest BCUT2D eigenvalue weighted by atomic mass is 32.1. The summed E-state index contributed by atoms with van der Waals surface area (Å²) >= 11 is 5.64. The highest BCUT2D eigenvalue weighted by Crippen LogP contribution is 2.22. The molecule has 2 heterocycles. The van der Waals surface area contributed by atoms with Crippen LogP contribution in [0, 0.1) is 6.92 Å².